The van der Waals surface area contributed by atoms with Gasteiger partial charge in [-0.3, -0.25) is 0 Å². The van der Waals surface area contributed by atoms with Crippen molar-refractivity contribution >= 4 is 11.9 Å². The Balaban J connectivity index is 1.23. The van der Waals surface area contributed by atoms with E-state index < -0.39 is 0 Å². The van der Waals surface area contributed by atoms with Gasteiger partial charge in [0, 0.05) is 49.0 Å². The van der Waals surface area contributed by atoms with E-state index in [2.05, 4.69) is 43.8 Å². The fourth-order valence-electron chi connectivity index (χ4n) is 6.32. The molecule has 3 rings (SSSR count). The van der Waals surface area contributed by atoms with Crippen LogP contribution in [0.3, 0.4) is 0 Å². The summed E-state index contributed by atoms with van der Waals surface area (Å²) < 4.78 is 22.1. The Morgan fingerprint density at radius 1 is 0.605 bits per heavy atom. The zero-order valence-corrected chi connectivity index (χ0v) is 26.5. The first kappa shape index (κ1) is 34.9. The van der Waals surface area contributed by atoms with Gasteiger partial charge in [0.2, 0.25) is 0 Å². The molecule has 6 nitrogen and oxygen atoms in total. The summed E-state index contributed by atoms with van der Waals surface area (Å²) in [5.74, 6) is 16.5. The van der Waals surface area contributed by atoms with Crippen molar-refractivity contribution in [1.82, 2.24) is 0 Å². The van der Waals surface area contributed by atoms with E-state index in [1.807, 2.05) is 0 Å². The highest BCUT2D eigenvalue weighted by Gasteiger charge is 2.27. The first-order valence-corrected chi connectivity index (χ1v) is 16.8. The summed E-state index contributed by atoms with van der Waals surface area (Å²) >= 11 is 0. The Labute approximate surface area is 260 Å². The maximum atomic E-state index is 11.1. The molecule has 6 heteroatoms. The van der Waals surface area contributed by atoms with Crippen molar-refractivity contribution in [2.45, 2.75) is 115 Å². The van der Waals surface area contributed by atoms with Gasteiger partial charge in [0.05, 0.1) is 25.4 Å². The van der Waals surface area contributed by atoms with Gasteiger partial charge in [-0.15, -0.1) is 0 Å². The number of ether oxygens (including phenoxy) is 4. The van der Waals surface area contributed by atoms with E-state index in [0.717, 1.165) is 90.3 Å². The van der Waals surface area contributed by atoms with Crippen LogP contribution < -0.4 is 0 Å². The summed E-state index contributed by atoms with van der Waals surface area (Å²) in [4.78, 5) is 22.1. The lowest BCUT2D eigenvalue weighted by molar-refractivity contribution is -0.138. The van der Waals surface area contributed by atoms with Crippen LogP contribution in [0.15, 0.2) is 25.3 Å². The van der Waals surface area contributed by atoms with Crippen LogP contribution in [0, 0.1) is 53.3 Å². The minimum absolute atomic E-state index is 0.344. The average molecular weight is 595 g/mol. The van der Waals surface area contributed by atoms with Gasteiger partial charge in [0.1, 0.15) is 0 Å². The molecule has 0 saturated heterocycles. The normalized spacial score (nSPS) is 28.7. The predicted octanol–water partition coefficient (Wildman–Crippen LogP) is 7.22. The number of hydrogen-bond donors (Lipinski definition) is 0. The second-order valence-electron chi connectivity index (χ2n) is 12.5. The molecule has 43 heavy (non-hydrogen) atoms. The van der Waals surface area contributed by atoms with Gasteiger partial charge >= 0.3 is 11.9 Å². The summed E-state index contributed by atoms with van der Waals surface area (Å²) in [6, 6.07) is 0. The largest absolute Gasteiger partial charge is 0.463 e. The predicted molar refractivity (Wildman–Crippen MR) is 170 cm³/mol. The minimum atomic E-state index is -0.357. The summed E-state index contributed by atoms with van der Waals surface area (Å²) in [7, 11) is 0. The van der Waals surface area contributed by atoms with E-state index in [1.54, 1.807) is 0 Å². The number of rotatable bonds is 14. The first-order valence-electron chi connectivity index (χ1n) is 16.8. The molecule has 0 spiro atoms. The Bertz CT molecular complexity index is 980. The Morgan fingerprint density at radius 2 is 1.02 bits per heavy atom. The molecule has 3 unspecified atom stereocenters. The Morgan fingerprint density at radius 3 is 1.49 bits per heavy atom. The zero-order valence-electron chi connectivity index (χ0n) is 26.5. The number of unbranched alkanes of at least 4 members (excludes halogenated alkanes) is 2. The molecule has 0 aromatic carbocycles. The third-order valence-corrected chi connectivity index (χ3v) is 9.09. The lowest BCUT2D eigenvalue weighted by Crippen LogP contribution is -2.23. The van der Waals surface area contributed by atoms with Crippen molar-refractivity contribution in [2.75, 3.05) is 26.4 Å². The van der Waals surface area contributed by atoms with E-state index >= 15 is 0 Å². The smallest absolute Gasteiger partial charge is 0.330 e. The summed E-state index contributed by atoms with van der Waals surface area (Å²) in [6.45, 7) is 11.5. The lowest BCUT2D eigenvalue weighted by Gasteiger charge is -2.30. The standard InChI is InChI=1S/C37H54O6/c1-4-36(38)42-26-8-6-24-40-34-20-14-30(15-21-34)10-11-32-13-19-33(29(3)28-32)18-12-31-16-22-35(23-17-31)41-25-7-9-27-43-37(39)5-2/h4-5,29-35H,1-2,6-9,13-17,19-28H2,3H3. The van der Waals surface area contributed by atoms with Crippen LogP contribution in [0.4, 0.5) is 0 Å². The SMILES string of the molecule is C=CC(=O)OCCCCOC1CCC(C#CC2CCC(C#CC3CCC(OCCCCOC(=O)C=C)CC3)C(C)C2)CC1. The van der Waals surface area contributed by atoms with Gasteiger partial charge in [-0.25, -0.2) is 9.59 Å². The quantitative estimate of drug-likeness (QED) is 0.0916. The van der Waals surface area contributed by atoms with Crippen molar-refractivity contribution in [3.05, 3.63) is 25.3 Å². The zero-order chi connectivity index (χ0) is 30.7. The maximum Gasteiger partial charge on any atom is 0.330 e. The highest BCUT2D eigenvalue weighted by atomic mass is 16.5. The lowest BCUT2D eigenvalue weighted by atomic mass is 9.75. The van der Waals surface area contributed by atoms with Crippen molar-refractivity contribution in [1.29, 1.82) is 0 Å². The van der Waals surface area contributed by atoms with Crippen LogP contribution in [0.25, 0.3) is 0 Å². The highest BCUT2D eigenvalue weighted by Crippen LogP contribution is 2.34. The topological polar surface area (TPSA) is 71.1 Å². The molecule has 0 radical (unpaired) electrons. The third-order valence-electron chi connectivity index (χ3n) is 9.09. The Hall–Kier alpha value is -2.54. The van der Waals surface area contributed by atoms with Crippen molar-refractivity contribution < 1.29 is 28.5 Å². The molecule has 3 atom stereocenters. The van der Waals surface area contributed by atoms with Gasteiger partial charge in [-0.2, -0.15) is 0 Å². The van der Waals surface area contributed by atoms with Gasteiger partial charge in [0.25, 0.3) is 0 Å². The molecule has 3 aliphatic carbocycles. The fourth-order valence-corrected chi connectivity index (χ4v) is 6.32. The third kappa shape index (κ3) is 14.2. The van der Waals surface area contributed by atoms with Gasteiger partial charge in [0.15, 0.2) is 0 Å². The van der Waals surface area contributed by atoms with Gasteiger partial charge in [-0.1, -0.05) is 43.8 Å². The number of carbonyl (C=O) groups is 2. The van der Waals surface area contributed by atoms with Crippen LogP contribution in [0.5, 0.6) is 0 Å². The molecule has 0 aliphatic heterocycles. The number of hydrogen-bond acceptors (Lipinski definition) is 6. The summed E-state index contributed by atoms with van der Waals surface area (Å²) in [6.07, 6.45) is 18.9. The number of esters is 2. The molecule has 3 fully saturated rings. The molecule has 0 amide bonds. The molecule has 0 bridgehead atoms. The molecular formula is C37H54O6. The fraction of sp³-hybridized carbons (Fsp3) is 0.730. The molecular weight excluding hydrogens is 540 g/mol. The molecule has 0 N–H and O–H groups in total. The van der Waals surface area contributed by atoms with E-state index in [1.165, 1.54) is 31.4 Å². The van der Waals surface area contributed by atoms with Crippen LogP contribution in [0.1, 0.15) is 103 Å². The van der Waals surface area contributed by atoms with E-state index in [9.17, 15) is 9.59 Å². The average Bonchev–Trinajstić information content (AvgIpc) is 3.03. The van der Waals surface area contributed by atoms with Crippen molar-refractivity contribution in [3.63, 3.8) is 0 Å². The number of carbonyl (C=O) groups excluding carboxylic acids is 2. The molecule has 0 aromatic rings. The highest BCUT2D eigenvalue weighted by molar-refractivity contribution is 5.81. The summed E-state index contributed by atoms with van der Waals surface area (Å²) in [5.41, 5.74) is 0. The van der Waals surface area contributed by atoms with Crippen LogP contribution in [-0.4, -0.2) is 50.6 Å². The monoisotopic (exact) mass is 594 g/mol. The molecule has 0 heterocycles. The summed E-state index contributed by atoms with van der Waals surface area (Å²) in [5, 5.41) is 0. The molecule has 0 aromatic heterocycles. The first-order chi connectivity index (χ1) is 21.0. The van der Waals surface area contributed by atoms with Crippen LogP contribution in [0.2, 0.25) is 0 Å². The van der Waals surface area contributed by atoms with E-state index in [4.69, 9.17) is 18.9 Å². The second kappa shape index (κ2) is 20.4. The maximum absolute atomic E-state index is 11.1. The molecule has 3 aliphatic rings. The van der Waals surface area contributed by atoms with Crippen LogP contribution in [-0.2, 0) is 28.5 Å². The second-order valence-corrected chi connectivity index (χ2v) is 12.5. The van der Waals surface area contributed by atoms with Crippen LogP contribution >= 0.6 is 0 Å². The molecule has 3 saturated carbocycles. The molecule has 238 valence electrons. The Kier molecular flexibility index (Phi) is 16.6. The van der Waals surface area contributed by atoms with Gasteiger partial charge in [-0.05, 0) is 102 Å². The van der Waals surface area contributed by atoms with Crippen molar-refractivity contribution in [3.8, 4) is 23.7 Å². The van der Waals surface area contributed by atoms with E-state index in [-0.39, 0.29) is 11.9 Å². The van der Waals surface area contributed by atoms with Gasteiger partial charge < -0.3 is 18.9 Å². The minimum Gasteiger partial charge on any atom is -0.463 e. The van der Waals surface area contributed by atoms with E-state index in [0.29, 0.717) is 55.0 Å². The van der Waals surface area contributed by atoms with Crippen molar-refractivity contribution in [2.24, 2.45) is 29.6 Å².